The van der Waals surface area contributed by atoms with Gasteiger partial charge >= 0.3 is 0 Å². The number of rotatable bonds is 3. The lowest BCUT2D eigenvalue weighted by Crippen LogP contribution is -2.24. The van der Waals surface area contributed by atoms with Gasteiger partial charge in [-0.25, -0.2) is 4.98 Å². The highest BCUT2D eigenvalue weighted by atomic mass is 35.5. The van der Waals surface area contributed by atoms with Gasteiger partial charge in [0.1, 0.15) is 5.15 Å². The molecule has 0 spiro atoms. The molecule has 0 aromatic carbocycles. The minimum Gasteiger partial charge on any atom is -0.333 e. The second kappa shape index (κ2) is 4.32. The van der Waals surface area contributed by atoms with Crippen LogP contribution in [0, 0.1) is 0 Å². The predicted octanol–water partition coefficient (Wildman–Crippen LogP) is 1.85. The van der Waals surface area contributed by atoms with Crippen molar-refractivity contribution in [3.05, 3.63) is 17.2 Å². The van der Waals surface area contributed by atoms with Gasteiger partial charge in [0.05, 0.1) is 12.0 Å². The minimum atomic E-state index is 0.592. The van der Waals surface area contributed by atoms with Gasteiger partial charge in [-0.05, 0) is 26.3 Å². The zero-order valence-corrected chi connectivity index (χ0v) is 9.22. The van der Waals surface area contributed by atoms with Crippen LogP contribution in [-0.4, -0.2) is 22.1 Å². The molecule has 1 saturated heterocycles. The Morgan fingerprint density at radius 2 is 2.57 bits per heavy atom. The Morgan fingerprint density at radius 1 is 1.71 bits per heavy atom. The fourth-order valence-corrected chi connectivity index (χ4v) is 2.25. The first kappa shape index (κ1) is 9.99. The molecule has 1 atom stereocenters. The molecule has 0 aliphatic carbocycles. The number of hydrogen-bond donors (Lipinski definition) is 1. The Bertz CT molecular complexity index is 302. The summed E-state index contributed by atoms with van der Waals surface area (Å²) in [5.41, 5.74) is 1.17. The van der Waals surface area contributed by atoms with Gasteiger partial charge < -0.3 is 9.88 Å². The second-order valence-electron chi connectivity index (χ2n) is 3.77. The number of nitrogens with one attached hydrogen (secondary N) is 1. The van der Waals surface area contributed by atoms with Crippen LogP contribution in [0.4, 0.5) is 0 Å². The van der Waals surface area contributed by atoms with E-state index in [1.807, 2.05) is 6.33 Å². The van der Waals surface area contributed by atoms with Crippen molar-refractivity contribution in [1.82, 2.24) is 14.9 Å². The minimum absolute atomic E-state index is 0.592. The zero-order chi connectivity index (χ0) is 9.97. The van der Waals surface area contributed by atoms with Crippen LogP contribution in [0.1, 0.15) is 25.5 Å². The lowest BCUT2D eigenvalue weighted by atomic mass is 10.1. The van der Waals surface area contributed by atoms with E-state index in [1.54, 1.807) is 0 Å². The fraction of sp³-hybridized carbons (Fsp3) is 0.700. The number of halogens is 1. The van der Waals surface area contributed by atoms with E-state index in [0.29, 0.717) is 11.2 Å². The SMILES string of the molecule is CCn1cnc(Cl)c1CC1CCCN1. The van der Waals surface area contributed by atoms with Crippen LogP contribution >= 0.6 is 11.6 Å². The second-order valence-corrected chi connectivity index (χ2v) is 4.12. The number of aromatic nitrogens is 2. The molecule has 14 heavy (non-hydrogen) atoms. The summed E-state index contributed by atoms with van der Waals surface area (Å²) in [5, 5.41) is 4.14. The molecule has 0 amide bonds. The first-order valence-corrected chi connectivity index (χ1v) is 5.62. The summed E-state index contributed by atoms with van der Waals surface area (Å²) in [7, 11) is 0. The van der Waals surface area contributed by atoms with E-state index in [1.165, 1.54) is 18.5 Å². The Balaban J connectivity index is 2.09. The summed E-state index contributed by atoms with van der Waals surface area (Å²) in [6, 6.07) is 0.592. The summed E-state index contributed by atoms with van der Waals surface area (Å²) in [6.45, 7) is 4.20. The van der Waals surface area contributed by atoms with E-state index in [2.05, 4.69) is 21.8 Å². The lowest BCUT2D eigenvalue weighted by molar-refractivity contribution is 0.572. The largest absolute Gasteiger partial charge is 0.333 e. The van der Waals surface area contributed by atoms with Crippen molar-refractivity contribution in [2.45, 2.75) is 38.8 Å². The van der Waals surface area contributed by atoms with Crippen LogP contribution in [0.2, 0.25) is 5.15 Å². The summed E-state index contributed by atoms with van der Waals surface area (Å²) in [4.78, 5) is 4.13. The van der Waals surface area contributed by atoms with Gasteiger partial charge in [0.15, 0.2) is 0 Å². The standard InChI is InChI=1S/C10H16ClN3/c1-2-14-7-13-10(11)9(14)6-8-4-3-5-12-8/h7-8,12H,2-6H2,1H3. The van der Waals surface area contributed by atoms with E-state index >= 15 is 0 Å². The molecule has 1 aromatic heterocycles. The number of imidazole rings is 1. The van der Waals surface area contributed by atoms with Gasteiger partial charge in [-0.1, -0.05) is 11.6 Å². The predicted molar refractivity (Wildman–Crippen MR) is 57.6 cm³/mol. The highest BCUT2D eigenvalue weighted by molar-refractivity contribution is 6.30. The van der Waals surface area contributed by atoms with Gasteiger partial charge in [0, 0.05) is 19.0 Å². The molecule has 78 valence electrons. The van der Waals surface area contributed by atoms with E-state index in [0.717, 1.165) is 19.5 Å². The van der Waals surface area contributed by atoms with Crippen molar-refractivity contribution in [3.8, 4) is 0 Å². The van der Waals surface area contributed by atoms with Crippen molar-refractivity contribution < 1.29 is 0 Å². The van der Waals surface area contributed by atoms with Crippen molar-refractivity contribution in [3.63, 3.8) is 0 Å². The van der Waals surface area contributed by atoms with Crippen LogP contribution in [-0.2, 0) is 13.0 Å². The van der Waals surface area contributed by atoms with Gasteiger partial charge in [-0.15, -0.1) is 0 Å². The molecule has 1 aromatic rings. The van der Waals surface area contributed by atoms with E-state index in [-0.39, 0.29) is 0 Å². The average Bonchev–Trinajstić information content (AvgIpc) is 2.79. The van der Waals surface area contributed by atoms with E-state index in [4.69, 9.17) is 11.6 Å². The molecule has 1 aliphatic heterocycles. The third-order valence-electron chi connectivity index (χ3n) is 2.84. The number of nitrogens with zero attached hydrogens (tertiary/aromatic N) is 2. The zero-order valence-electron chi connectivity index (χ0n) is 8.46. The molecule has 2 rings (SSSR count). The maximum atomic E-state index is 6.04. The Labute approximate surface area is 89.5 Å². The van der Waals surface area contributed by atoms with Gasteiger partial charge in [0.25, 0.3) is 0 Å². The third-order valence-corrected chi connectivity index (χ3v) is 3.15. The van der Waals surface area contributed by atoms with E-state index < -0.39 is 0 Å². The van der Waals surface area contributed by atoms with Crippen LogP contribution < -0.4 is 5.32 Å². The molecule has 3 nitrogen and oxygen atoms in total. The smallest absolute Gasteiger partial charge is 0.150 e. The molecule has 0 radical (unpaired) electrons. The van der Waals surface area contributed by atoms with Gasteiger partial charge in [-0.2, -0.15) is 0 Å². The highest BCUT2D eigenvalue weighted by Gasteiger charge is 2.18. The summed E-state index contributed by atoms with van der Waals surface area (Å²) < 4.78 is 2.13. The molecule has 1 aliphatic rings. The topological polar surface area (TPSA) is 29.9 Å². The molecule has 0 saturated carbocycles. The lowest BCUT2D eigenvalue weighted by Gasteiger charge is -2.11. The van der Waals surface area contributed by atoms with Crippen LogP contribution in [0.25, 0.3) is 0 Å². The van der Waals surface area contributed by atoms with Crippen molar-refractivity contribution in [2.24, 2.45) is 0 Å². The van der Waals surface area contributed by atoms with Crippen LogP contribution in [0.3, 0.4) is 0 Å². The molecular formula is C10H16ClN3. The van der Waals surface area contributed by atoms with Gasteiger partial charge in [-0.3, -0.25) is 0 Å². The molecule has 1 fully saturated rings. The van der Waals surface area contributed by atoms with Crippen LogP contribution in [0.15, 0.2) is 6.33 Å². The quantitative estimate of drug-likeness (QED) is 0.831. The molecule has 2 heterocycles. The van der Waals surface area contributed by atoms with E-state index in [9.17, 15) is 0 Å². The Kier molecular flexibility index (Phi) is 3.08. The first-order valence-electron chi connectivity index (χ1n) is 5.24. The van der Waals surface area contributed by atoms with Crippen LogP contribution in [0.5, 0.6) is 0 Å². The Morgan fingerprint density at radius 3 is 3.21 bits per heavy atom. The Hall–Kier alpha value is -0.540. The number of hydrogen-bond acceptors (Lipinski definition) is 2. The van der Waals surface area contributed by atoms with Crippen molar-refractivity contribution >= 4 is 11.6 Å². The first-order chi connectivity index (χ1) is 6.81. The maximum absolute atomic E-state index is 6.04. The molecule has 1 N–H and O–H groups in total. The molecule has 4 heteroatoms. The average molecular weight is 214 g/mol. The van der Waals surface area contributed by atoms with Gasteiger partial charge in [0.2, 0.25) is 0 Å². The van der Waals surface area contributed by atoms with Crippen molar-refractivity contribution in [1.29, 1.82) is 0 Å². The van der Waals surface area contributed by atoms with Crippen molar-refractivity contribution in [2.75, 3.05) is 6.54 Å². The highest BCUT2D eigenvalue weighted by Crippen LogP contribution is 2.18. The number of aryl methyl sites for hydroxylation is 1. The monoisotopic (exact) mass is 213 g/mol. The molecule has 0 bridgehead atoms. The fourth-order valence-electron chi connectivity index (χ4n) is 2.02. The summed E-state index contributed by atoms with van der Waals surface area (Å²) in [6.07, 6.45) is 5.37. The normalized spacial score (nSPS) is 21.7. The summed E-state index contributed by atoms with van der Waals surface area (Å²) in [5.74, 6) is 0. The maximum Gasteiger partial charge on any atom is 0.150 e. The molecular weight excluding hydrogens is 198 g/mol. The molecule has 1 unspecified atom stereocenters. The summed E-state index contributed by atoms with van der Waals surface area (Å²) >= 11 is 6.04. The third kappa shape index (κ3) is 1.93.